The van der Waals surface area contributed by atoms with Crippen LogP contribution >= 0.6 is 0 Å². The number of hydrogen-bond donors (Lipinski definition) is 2. The van der Waals surface area contributed by atoms with E-state index in [1.807, 2.05) is 0 Å². The second kappa shape index (κ2) is 7.93. The van der Waals surface area contributed by atoms with Crippen molar-refractivity contribution in [2.24, 2.45) is 0 Å². The minimum atomic E-state index is 0.957. The Morgan fingerprint density at radius 1 is 0.842 bits per heavy atom. The Hall–Kier alpha value is -1.38. The predicted molar refractivity (Wildman–Crippen MR) is 83.4 cm³/mol. The smallest absolute Gasteiger partial charge is 0.0205 e. The maximum atomic E-state index is 3.50. The van der Waals surface area contributed by atoms with E-state index in [1.165, 1.54) is 29.2 Å². The van der Waals surface area contributed by atoms with E-state index in [2.05, 4.69) is 60.0 Å². The van der Waals surface area contributed by atoms with Gasteiger partial charge in [0.2, 0.25) is 0 Å². The molecule has 0 aliphatic carbocycles. The Bertz CT molecular complexity index is 493. The SMILES string of the molecule is CCCNCCCNCc1ccc2ccccc2c1. The molecule has 2 N–H and O–H groups in total. The first kappa shape index (κ1) is 14.0. The maximum Gasteiger partial charge on any atom is 0.0205 e. The molecule has 2 aromatic rings. The van der Waals surface area contributed by atoms with Crippen LogP contribution in [-0.2, 0) is 6.54 Å². The summed E-state index contributed by atoms with van der Waals surface area (Å²) in [5.74, 6) is 0. The normalized spacial score (nSPS) is 11.0. The molecule has 0 fully saturated rings. The number of rotatable bonds is 8. The van der Waals surface area contributed by atoms with Crippen molar-refractivity contribution in [3.63, 3.8) is 0 Å². The average molecular weight is 256 g/mol. The third kappa shape index (κ3) is 4.66. The highest BCUT2D eigenvalue weighted by atomic mass is 14.9. The third-order valence-electron chi connectivity index (χ3n) is 3.28. The van der Waals surface area contributed by atoms with Crippen molar-refractivity contribution in [3.05, 3.63) is 48.0 Å². The summed E-state index contributed by atoms with van der Waals surface area (Å²) in [4.78, 5) is 0. The van der Waals surface area contributed by atoms with E-state index in [1.54, 1.807) is 0 Å². The van der Waals surface area contributed by atoms with Crippen molar-refractivity contribution >= 4 is 10.8 Å². The van der Waals surface area contributed by atoms with E-state index < -0.39 is 0 Å². The summed E-state index contributed by atoms with van der Waals surface area (Å²) in [5.41, 5.74) is 1.36. The first-order valence-corrected chi connectivity index (χ1v) is 7.29. The van der Waals surface area contributed by atoms with Gasteiger partial charge in [0.15, 0.2) is 0 Å². The molecule has 0 saturated carbocycles. The second-order valence-corrected chi connectivity index (χ2v) is 4.96. The van der Waals surface area contributed by atoms with Gasteiger partial charge in [0.25, 0.3) is 0 Å². The van der Waals surface area contributed by atoms with Crippen molar-refractivity contribution in [3.8, 4) is 0 Å². The van der Waals surface area contributed by atoms with Crippen molar-refractivity contribution in [1.29, 1.82) is 0 Å². The summed E-state index contributed by atoms with van der Waals surface area (Å²) in [6, 6.07) is 15.2. The third-order valence-corrected chi connectivity index (χ3v) is 3.28. The van der Waals surface area contributed by atoms with Crippen LogP contribution in [0.3, 0.4) is 0 Å². The lowest BCUT2D eigenvalue weighted by atomic mass is 10.1. The minimum Gasteiger partial charge on any atom is -0.317 e. The molecule has 2 nitrogen and oxygen atoms in total. The topological polar surface area (TPSA) is 24.1 Å². The van der Waals surface area contributed by atoms with Gasteiger partial charge in [0.1, 0.15) is 0 Å². The van der Waals surface area contributed by atoms with Crippen LogP contribution in [0.2, 0.25) is 0 Å². The van der Waals surface area contributed by atoms with Gasteiger partial charge in [-0.25, -0.2) is 0 Å². The molecule has 0 amide bonds. The fraction of sp³-hybridized carbons (Fsp3) is 0.412. The van der Waals surface area contributed by atoms with Crippen molar-refractivity contribution in [2.45, 2.75) is 26.3 Å². The zero-order valence-electron chi connectivity index (χ0n) is 11.8. The van der Waals surface area contributed by atoms with Crippen LogP contribution in [0.5, 0.6) is 0 Å². The molecule has 0 aliphatic heterocycles. The Labute approximate surface area is 116 Å². The van der Waals surface area contributed by atoms with Gasteiger partial charge < -0.3 is 10.6 Å². The Kier molecular flexibility index (Phi) is 5.86. The van der Waals surface area contributed by atoms with E-state index in [0.717, 1.165) is 26.2 Å². The zero-order chi connectivity index (χ0) is 13.3. The monoisotopic (exact) mass is 256 g/mol. The van der Waals surface area contributed by atoms with Gasteiger partial charge in [-0.3, -0.25) is 0 Å². The van der Waals surface area contributed by atoms with Crippen LogP contribution in [0.25, 0.3) is 10.8 Å². The van der Waals surface area contributed by atoms with Gasteiger partial charge in [-0.2, -0.15) is 0 Å². The Balaban J connectivity index is 1.72. The summed E-state index contributed by atoms with van der Waals surface area (Å²) in [6.45, 7) is 6.47. The highest BCUT2D eigenvalue weighted by Crippen LogP contribution is 2.15. The fourth-order valence-corrected chi connectivity index (χ4v) is 2.22. The number of fused-ring (bicyclic) bond motifs is 1. The molecule has 0 radical (unpaired) electrons. The van der Waals surface area contributed by atoms with E-state index in [4.69, 9.17) is 0 Å². The van der Waals surface area contributed by atoms with Gasteiger partial charge >= 0.3 is 0 Å². The average Bonchev–Trinajstić information content (AvgIpc) is 2.46. The zero-order valence-corrected chi connectivity index (χ0v) is 11.8. The number of nitrogens with one attached hydrogen (secondary N) is 2. The molecule has 0 bridgehead atoms. The molecule has 19 heavy (non-hydrogen) atoms. The molecule has 0 atom stereocenters. The molecule has 102 valence electrons. The first-order valence-electron chi connectivity index (χ1n) is 7.29. The Morgan fingerprint density at radius 2 is 1.63 bits per heavy atom. The van der Waals surface area contributed by atoms with Crippen LogP contribution < -0.4 is 10.6 Å². The summed E-state index contributed by atoms with van der Waals surface area (Å²) in [7, 11) is 0. The van der Waals surface area contributed by atoms with Crippen molar-refractivity contribution in [1.82, 2.24) is 10.6 Å². The van der Waals surface area contributed by atoms with Crippen LogP contribution in [0.15, 0.2) is 42.5 Å². The molecule has 0 unspecified atom stereocenters. The van der Waals surface area contributed by atoms with E-state index in [9.17, 15) is 0 Å². The number of benzene rings is 2. The standard InChI is InChI=1S/C17H24N2/c1-2-10-18-11-5-12-19-14-15-8-9-16-6-3-4-7-17(16)13-15/h3-4,6-9,13,18-19H,2,5,10-12,14H2,1H3. The highest BCUT2D eigenvalue weighted by Gasteiger charge is 1.96. The summed E-state index contributed by atoms with van der Waals surface area (Å²) in [6.07, 6.45) is 2.40. The predicted octanol–water partition coefficient (Wildman–Crippen LogP) is 3.32. The van der Waals surface area contributed by atoms with Gasteiger partial charge in [0.05, 0.1) is 0 Å². The quantitative estimate of drug-likeness (QED) is 0.708. The van der Waals surface area contributed by atoms with Crippen molar-refractivity contribution in [2.75, 3.05) is 19.6 Å². The molecular weight excluding hydrogens is 232 g/mol. The molecule has 0 aliphatic rings. The van der Waals surface area contributed by atoms with Gasteiger partial charge in [0, 0.05) is 6.54 Å². The fourth-order valence-electron chi connectivity index (χ4n) is 2.22. The summed E-state index contributed by atoms with van der Waals surface area (Å²) in [5, 5.41) is 9.56. The van der Waals surface area contributed by atoms with E-state index >= 15 is 0 Å². The van der Waals surface area contributed by atoms with Crippen molar-refractivity contribution < 1.29 is 0 Å². The second-order valence-electron chi connectivity index (χ2n) is 4.96. The largest absolute Gasteiger partial charge is 0.317 e. The maximum absolute atomic E-state index is 3.50. The molecule has 2 heteroatoms. The van der Waals surface area contributed by atoms with Crippen LogP contribution in [0, 0.1) is 0 Å². The first-order chi connectivity index (χ1) is 9.40. The molecule has 2 aromatic carbocycles. The molecule has 0 spiro atoms. The van der Waals surface area contributed by atoms with Crippen LogP contribution in [0.4, 0.5) is 0 Å². The molecule has 2 rings (SSSR count). The lowest BCUT2D eigenvalue weighted by Gasteiger charge is -2.07. The molecule has 0 aromatic heterocycles. The van der Waals surface area contributed by atoms with Crippen LogP contribution in [-0.4, -0.2) is 19.6 Å². The van der Waals surface area contributed by atoms with E-state index in [0.29, 0.717) is 0 Å². The number of hydrogen-bond acceptors (Lipinski definition) is 2. The van der Waals surface area contributed by atoms with Gasteiger partial charge in [-0.05, 0) is 54.9 Å². The van der Waals surface area contributed by atoms with Gasteiger partial charge in [-0.15, -0.1) is 0 Å². The Morgan fingerprint density at radius 3 is 2.47 bits per heavy atom. The minimum absolute atomic E-state index is 0.957. The highest BCUT2D eigenvalue weighted by molar-refractivity contribution is 5.82. The molecule has 0 saturated heterocycles. The summed E-state index contributed by atoms with van der Waals surface area (Å²) < 4.78 is 0. The van der Waals surface area contributed by atoms with Gasteiger partial charge in [-0.1, -0.05) is 43.3 Å². The molecule has 0 heterocycles. The van der Waals surface area contributed by atoms with Crippen LogP contribution in [0.1, 0.15) is 25.3 Å². The summed E-state index contributed by atoms with van der Waals surface area (Å²) >= 11 is 0. The lowest BCUT2D eigenvalue weighted by molar-refractivity contribution is 0.592. The van der Waals surface area contributed by atoms with E-state index in [-0.39, 0.29) is 0 Å². The lowest BCUT2D eigenvalue weighted by Crippen LogP contribution is -2.22. The molecular formula is C17H24N2.